The van der Waals surface area contributed by atoms with Crippen LogP contribution in [0.4, 0.5) is 16.2 Å². The monoisotopic (exact) mass is 469 g/mol. The number of hydrogen-bond acceptors (Lipinski definition) is 3. The van der Waals surface area contributed by atoms with Gasteiger partial charge in [-0.3, -0.25) is 4.79 Å². The highest BCUT2D eigenvalue weighted by molar-refractivity contribution is 6.05. The van der Waals surface area contributed by atoms with Crippen LogP contribution in [0.5, 0.6) is 0 Å². The minimum absolute atomic E-state index is 0.0290. The van der Waals surface area contributed by atoms with Gasteiger partial charge in [-0.25, -0.2) is 9.78 Å². The number of fused-ring (bicyclic) bond motifs is 1. The number of nitrogens with one attached hydrogen (secondary N) is 3. The molecule has 0 saturated heterocycles. The van der Waals surface area contributed by atoms with Crippen molar-refractivity contribution in [3.63, 3.8) is 0 Å². The smallest absolute Gasteiger partial charge is 0.319 e. The van der Waals surface area contributed by atoms with E-state index in [1.165, 1.54) is 5.56 Å². The van der Waals surface area contributed by atoms with Crippen molar-refractivity contribution in [2.24, 2.45) is 0 Å². The number of imidazole rings is 1. The molecule has 0 fully saturated rings. The van der Waals surface area contributed by atoms with Gasteiger partial charge in [-0.15, -0.1) is 0 Å². The first-order valence-electron chi connectivity index (χ1n) is 11.7. The molecule has 0 spiro atoms. The number of urea groups is 1. The molecular formula is C28H31N5O2. The zero-order valence-electron chi connectivity index (χ0n) is 20.8. The molecule has 4 aromatic rings. The van der Waals surface area contributed by atoms with Gasteiger partial charge in [0, 0.05) is 41.9 Å². The third-order valence-electron chi connectivity index (χ3n) is 5.98. The van der Waals surface area contributed by atoms with E-state index in [4.69, 9.17) is 0 Å². The molecule has 0 aliphatic carbocycles. The third-order valence-corrected chi connectivity index (χ3v) is 5.98. The summed E-state index contributed by atoms with van der Waals surface area (Å²) in [6.07, 6.45) is 5.49. The summed E-state index contributed by atoms with van der Waals surface area (Å²) in [5.74, 6) is -0.158. The van der Waals surface area contributed by atoms with E-state index >= 15 is 0 Å². The summed E-state index contributed by atoms with van der Waals surface area (Å²) in [4.78, 5) is 29.5. The van der Waals surface area contributed by atoms with Crippen LogP contribution in [0.3, 0.4) is 0 Å². The predicted octanol–water partition coefficient (Wildman–Crippen LogP) is 6.00. The van der Waals surface area contributed by atoms with Crippen molar-refractivity contribution in [2.75, 3.05) is 17.2 Å². The molecule has 3 N–H and O–H groups in total. The van der Waals surface area contributed by atoms with Crippen LogP contribution >= 0.6 is 0 Å². The highest BCUT2D eigenvalue weighted by Gasteiger charge is 2.16. The number of benzene rings is 2. The standard InChI is InChI=1S/C28H31N5O2/c1-6-29-27(35)32-24-16-20(17-33-15-14-30-25(24)33)22-8-7-9-23(18(22)2)31-26(34)19-10-12-21(13-11-19)28(3,4)5/h7-17H,6H2,1-5H3,(H,31,34)(H2,29,32,35). The zero-order valence-corrected chi connectivity index (χ0v) is 20.8. The van der Waals surface area contributed by atoms with E-state index in [9.17, 15) is 9.59 Å². The molecule has 7 nitrogen and oxygen atoms in total. The van der Waals surface area contributed by atoms with Gasteiger partial charge in [0.1, 0.15) is 0 Å². The normalized spacial score (nSPS) is 11.3. The molecule has 0 aliphatic rings. The first kappa shape index (κ1) is 24.0. The van der Waals surface area contributed by atoms with E-state index in [1.54, 1.807) is 6.20 Å². The Morgan fingerprint density at radius 3 is 2.43 bits per heavy atom. The summed E-state index contributed by atoms with van der Waals surface area (Å²) in [6.45, 7) is 10.8. The van der Waals surface area contributed by atoms with Crippen LogP contribution in [0.15, 0.2) is 67.1 Å². The summed E-state index contributed by atoms with van der Waals surface area (Å²) in [6, 6.07) is 15.1. The molecule has 4 rings (SSSR count). The van der Waals surface area contributed by atoms with E-state index in [1.807, 2.05) is 79.2 Å². The Kier molecular flexibility index (Phi) is 6.60. The maximum absolute atomic E-state index is 13.0. The van der Waals surface area contributed by atoms with E-state index in [2.05, 4.69) is 41.7 Å². The lowest BCUT2D eigenvalue weighted by Crippen LogP contribution is -2.28. The number of amides is 3. The second kappa shape index (κ2) is 9.62. The molecule has 0 saturated carbocycles. The first-order chi connectivity index (χ1) is 16.7. The summed E-state index contributed by atoms with van der Waals surface area (Å²) < 4.78 is 1.87. The van der Waals surface area contributed by atoms with Gasteiger partial charge >= 0.3 is 6.03 Å². The molecule has 2 aromatic heterocycles. The van der Waals surface area contributed by atoms with Crippen molar-refractivity contribution in [2.45, 2.75) is 40.0 Å². The zero-order chi connectivity index (χ0) is 25.2. The molecule has 7 heteroatoms. The fourth-order valence-electron chi connectivity index (χ4n) is 4.00. The van der Waals surface area contributed by atoms with Gasteiger partial charge in [0.05, 0.1) is 5.69 Å². The summed E-state index contributed by atoms with van der Waals surface area (Å²) in [5, 5.41) is 8.68. The average Bonchev–Trinajstić information content (AvgIpc) is 3.29. The van der Waals surface area contributed by atoms with Crippen LogP contribution in [0.25, 0.3) is 16.8 Å². The Morgan fingerprint density at radius 2 is 1.74 bits per heavy atom. The van der Waals surface area contributed by atoms with Gasteiger partial charge in [0.2, 0.25) is 0 Å². The molecule has 2 heterocycles. The van der Waals surface area contributed by atoms with Crippen molar-refractivity contribution in [3.8, 4) is 11.1 Å². The second-order valence-corrected chi connectivity index (χ2v) is 9.54. The van der Waals surface area contributed by atoms with Crippen LogP contribution in [0, 0.1) is 6.92 Å². The first-order valence-corrected chi connectivity index (χ1v) is 11.7. The van der Waals surface area contributed by atoms with Crippen molar-refractivity contribution < 1.29 is 9.59 Å². The molecule has 35 heavy (non-hydrogen) atoms. The van der Waals surface area contributed by atoms with Gasteiger partial charge < -0.3 is 20.4 Å². The minimum atomic E-state index is -0.287. The molecule has 0 radical (unpaired) electrons. The predicted molar refractivity (Wildman–Crippen MR) is 141 cm³/mol. The number of carbonyl (C=O) groups excluding carboxylic acids is 2. The fraction of sp³-hybridized carbons (Fsp3) is 0.250. The van der Waals surface area contributed by atoms with Crippen molar-refractivity contribution in [3.05, 3.63) is 83.8 Å². The van der Waals surface area contributed by atoms with E-state index in [0.29, 0.717) is 23.4 Å². The Bertz CT molecular complexity index is 1380. The Hall–Kier alpha value is -4.13. The Labute approximate surface area is 205 Å². The minimum Gasteiger partial charge on any atom is -0.338 e. The summed E-state index contributed by atoms with van der Waals surface area (Å²) in [7, 11) is 0. The van der Waals surface area contributed by atoms with Crippen LogP contribution in [0.2, 0.25) is 0 Å². The number of carbonyl (C=O) groups is 2. The van der Waals surface area contributed by atoms with Gasteiger partial charge in [0.25, 0.3) is 5.91 Å². The summed E-state index contributed by atoms with van der Waals surface area (Å²) in [5.41, 5.74) is 6.57. The molecule has 180 valence electrons. The third kappa shape index (κ3) is 5.19. The topological polar surface area (TPSA) is 87.5 Å². The van der Waals surface area contributed by atoms with Crippen molar-refractivity contribution >= 4 is 29.0 Å². The lowest BCUT2D eigenvalue weighted by molar-refractivity contribution is 0.102. The largest absolute Gasteiger partial charge is 0.338 e. The van der Waals surface area contributed by atoms with E-state index < -0.39 is 0 Å². The maximum Gasteiger partial charge on any atom is 0.319 e. The number of pyridine rings is 1. The van der Waals surface area contributed by atoms with Crippen LogP contribution in [-0.4, -0.2) is 27.9 Å². The maximum atomic E-state index is 13.0. The second-order valence-electron chi connectivity index (χ2n) is 9.54. The molecule has 3 amide bonds. The van der Waals surface area contributed by atoms with E-state index in [0.717, 1.165) is 22.4 Å². The van der Waals surface area contributed by atoms with Crippen molar-refractivity contribution in [1.29, 1.82) is 0 Å². The number of aromatic nitrogens is 2. The highest BCUT2D eigenvalue weighted by Crippen LogP contribution is 2.32. The number of nitrogens with zero attached hydrogens (tertiary/aromatic N) is 2. The van der Waals surface area contributed by atoms with Gasteiger partial charge in [0.15, 0.2) is 5.65 Å². The molecular weight excluding hydrogens is 438 g/mol. The molecule has 0 bridgehead atoms. The van der Waals surface area contributed by atoms with Crippen LogP contribution < -0.4 is 16.0 Å². The summed E-state index contributed by atoms with van der Waals surface area (Å²) >= 11 is 0. The van der Waals surface area contributed by atoms with E-state index in [-0.39, 0.29) is 17.4 Å². The quantitative estimate of drug-likeness (QED) is 0.335. The lowest BCUT2D eigenvalue weighted by atomic mass is 9.86. The molecule has 0 unspecified atom stereocenters. The Morgan fingerprint density at radius 1 is 1.00 bits per heavy atom. The molecule has 0 aliphatic heterocycles. The highest BCUT2D eigenvalue weighted by atomic mass is 16.2. The van der Waals surface area contributed by atoms with Gasteiger partial charge in [-0.05, 0) is 60.2 Å². The van der Waals surface area contributed by atoms with Crippen LogP contribution in [-0.2, 0) is 5.41 Å². The molecule has 0 atom stereocenters. The number of hydrogen-bond donors (Lipinski definition) is 3. The van der Waals surface area contributed by atoms with Gasteiger partial charge in [-0.2, -0.15) is 0 Å². The number of rotatable bonds is 5. The lowest BCUT2D eigenvalue weighted by Gasteiger charge is -2.19. The molecule has 2 aromatic carbocycles. The van der Waals surface area contributed by atoms with Crippen LogP contribution in [0.1, 0.15) is 49.2 Å². The van der Waals surface area contributed by atoms with Gasteiger partial charge in [-0.1, -0.05) is 45.0 Å². The number of anilines is 2. The Balaban J connectivity index is 1.64. The fourth-order valence-corrected chi connectivity index (χ4v) is 4.00. The van der Waals surface area contributed by atoms with Crippen molar-refractivity contribution in [1.82, 2.24) is 14.7 Å². The SMILES string of the molecule is CCNC(=O)Nc1cc(-c2cccc(NC(=O)c3ccc(C(C)(C)C)cc3)c2C)cn2ccnc12. The average molecular weight is 470 g/mol.